The molecule has 1 heterocycles. The van der Waals surface area contributed by atoms with Crippen molar-refractivity contribution in [1.29, 1.82) is 0 Å². The molecule has 1 amide bonds. The average molecular weight is 359 g/mol. The van der Waals surface area contributed by atoms with Gasteiger partial charge in [0.25, 0.3) is 5.56 Å². The third kappa shape index (κ3) is 4.63. The highest BCUT2D eigenvalue weighted by molar-refractivity contribution is 7.99. The molecule has 0 unspecified atom stereocenters. The van der Waals surface area contributed by atoms with Crippen molar-refractivity contribution in [2.45, 2.75) is 50.5 Å². The van der Waals surface area contributed by atoms with E-state index in [-0.39, 0.29) is 11.5 Å². The predicted octanol–water partition coefficient (Wildman–Crippen LogP) is 3.16. The van der Waals surface area contributed by atoms with Crippen molar-refractivity contribution in [2.75, 3.05) is 6.54 Å². The van der Waals surface area contributed by atoms with Gasteiger partial charge in [0.05, 0.1) is 16.7 Å². The normalized spacial score (nSPS) is 20.6. The van der Waals surface area contributed by atoms with E-state index in [2.05, 4.69) is 15.3 Å². The van der Waals surface area contributed by atoms with Crippen LogP contribution in [0.15, 0.2) is 23.0 Å². The van der Waals surface area contributed by atoms with Gasteiger partial charge in [-0.3, -0.25) is 9.59 Å². The van der Waals surface area contributed by atoms with Crippen LogP contribution >= 0.6 is 11.8 Å². The lowest BCUT2D eigenvalue weighted by atomic mass is 9.89. The molecule has 25 heavy (non-hydrogen) atoms. The van der Waals surface area contributed by atoms with E-state index in [1.807, 2.05) is 36.9 Å². The quantitative estimate of drug-likeness (QED) is 0.860. The Hall–Kier alpha value is -1.82. The highest BCUT2D eigenvalue weighted by Crippen LogP contribution is 2.33. The van der Waals surface area contributed by atoms with Gasteiger partial charge < -0.3 is 10.3 Å². The molecule has 0 aliphatic heterocycles. The minimum Gasteiger partial charge on any atom is -0.356 e. The summed E-state index contributed by atoms with van der Waals surface area (Å²) in [5.74, 6) is 2.15. The van der Waals surface area contributed by atoms with E-state index in [1.165, 1.54) is 0 Å². The molecule has 3 rings (SSSR count). The maximum Gasteiger partial charge on any atom is 0.258 e. The van der Waals surface area contributed by atoms with Crippen LogP contribution in [0.4, 0.5) is 0 Å². The molecular formula is C19H25N3O2S. The fraction of sp³-hybridized carbons (Fsp3) is 0.526. The number of amides is 1. The molecule has 0 radical (unpaired) electrons. The Balaban J connectivity index is 1.56. The molecule has 0 spiro atoms. The second kappa shape index (κ2) is 8.04. The number of H-pyrrole nitrogens is 1. The molecule has 5 nitrogen and oxygen atoms in total. The third-order valence-electron chi connectivity index (χ3n) is 4.88. The topological polar surface area (TPSA) is 74.8 Å². The Morgan fingerprint density at radius 3 is 2.80 bits per heavy atom. The number of nitrogens with one attached hydrogen (secondary N) is 2. The number of aromatic nitrogens is 2. The number of carbonyl (C=O) groups is 1. The molecule has 1 aromatic heterocycles. The van der Waals surface area contributed by atoms with E-state index < -0.39 is 0 Å². The predicted molar refractivity (Wildman–Crippen MR) is 103 cm³/mol. The Morgan fingerprint density at radius 1 is 1.32 bits per heavy atom. The van der Waals surface area contributed by atoms with Crippen molar-refractivity contribution in [1.82, 2.24) is 15.3 Å². The summed E-state index contributed by atoms with van der Waals surface area (Å²) in [5.41, 5.74) is 1.79. The van der Waals surface area contributed by atoms with Gasteiger partial charge in [-0.2, -0.15) is 11.8 Å². The molecule has 1 fully saturated rings. The second-order valence-electron chi connectivity index (χ2n) is 6.87. The van der Waals surface area contributed by atoms with Gasteiger partial charge in [-0.1, -0.05) is 12.1 Å². The van der Waals surface area contributed by atoms with Gasteiger partial charge >= 0.3 is 0 Å². The van der Waals surface area contributed by atoms with E-state index in [0.717, 1.165) is 54.9 Å². The van der Waals surface area contributed by atoms with E-state index in [1.54, 1.807) is 6.92 Å². The molecule has 0 bridgehead atoms. The van der Waals surface area contributed by atoms with Gasteiger partial charge in [0.15, 0.2) is 0 Å². The van der Waals surface area contributed by atoms with Crippen LogP contribution in [-0.4, -0.2) is 27.7 Å². The fourth-order valence-electron chi connectivity index (χ4n) is 3.41. The SMILES string of the molecule is CC(=O)NCC1CCC(SCc2nc3c(C)cccc3c(=O)[nH]2)CC1. The van der Waals surface area contributed by atoms with Crippen molar-refractivity contribution >= 4 is 28.6 Å². The number of aromatic amines is 1. The summed E-state index contributed by atoms with van der Waals surface area (Å²) in [6.07, 6.45) is 4.62. The largest absolute Gasteiger partial charge is 0.356 e. The summed E-state index contributed by atoms with van der Waals surface area (Å²) < 4.78 is 0. The van der Waals surface area contributed by atoms with Gasteiger partial charge in [0.1, 0.15) is 5.82 Å². The molecule has 2 N–H and O–H groups in total. The number of carbonyl (C=O) groups excluding carboxylic acids is 1. The van der Waals surface area contributed by atoms with Crippen LogP contribution < -0.4 is 10.9 Å². The molecule has 0 saturated heterocycles. The van der Waals surface area contributed by atoms with Crippen molar-refractivity contribution in [3.05, 3.63) is 39.9 Å². The maximum atomic E-state index is 12.2. The van der Waals surface area contributed by atoms with Crippen LogP contribution in [0.2, 0.25) is 0 Å². The lowest BCUT2D eigenvalue weighted by Crippen LogP contribution is -2.30. The van der Waals surface area contributed by atoms with Crippen LogP contribution in [0, 0.1) is 12.8 Å². The van der Waals surface area contributed by atoms with E-state index >= 15 is 0 Å². The molecule has 0 atom stereocenters. The number of hydrogen-bond donors (Lipinski definition) is 2. The third-order valence-corrected chi connectivity index (χ3v) is 6.26. The average Bonchev–Trinajstić information content (AvgIpc) is 2.60. The first-order valence-electron chi connectivity index (χ1n) is 8.87. The Bertz CT molecular complexity index is 810. The van der Waals surface area contributed by atoms with Crippen LogP contribution in [0.1, 0.15) is 44.0 Å². The Kier molecular flexibility index (Phi) is 5.78. The summed E-state index contributed by atoms with van der Waals surface area (Å²) in [7, 11) is 0. The number of hydrogen-bond acceptors (Lipinski definition) is 4. The van der Waals surface area contributed by atoms with Crippen LogP contribution in [0.5, 0.6) is 0 Å². The van der Waals surface area contributed by atoms with Gasteiger partial charge in [0, 0.05) is 18.7 Å². The van der Waals surface area contributed by atoms with Crippen molar-refractivity contribution in [3.63, 3.8) is 0 Å². The standard InChI is InChI=1S/C19H25N3O2S/c1-12-4-3-5-16-18(12)21-17(22-19(16)24)11-25-15-8-6-14(7-9-15)10-20-13(2)23/h3-5,14-15H,6-11H2,1-2H3,(H,20,23)(H,21,22,24). The number of benzene rings is 1. The first-order valence-corrected chi connectivity index (χ1v) is 9.92. The zero-order valence-corrected chi connectivity index (χ0v) is 15.6. The Morgan fingerprint density at radius 2 is 2.08 bits per heavy atom. The number of nitrogens with zero attached hydrogens (tertiary/aromatic N) is 1. The van der Waals surface area contributed by atoms with E-state index in [9.17, 15) is 9.59 Å². The maximum absolute atomic E-state index is 12.2. The lowest BCUT2D eigenvalue weighted by Gasteiger charge is -2.28. The van der Waals surface area contributed by atoms with Crippen molar-refractivity contribution < 1.29 is 4.79 Å². The molecule has 1 aliphatic carbocycles. The monoisotopic (exact) mass is 359 g/mol. The van der Waals surface area contributed by atoms with Gasteiger partial charge in [-0.25, -0.2) is 4.98 Å². The molecule has 134 valence electrons. The molecule has 1 aliphatic rings. The molecular weight excluding hydrogens is 334 g/mol. The Labute approximate surface area is 152 Å². The summed E-state index contributed by atoms with van der Waals surface area (Å²) in [6, 6.07) is 5.70. The van der Waals surface area contributed by atoms with Crippen molar-refractivity contribution in [2.24, 2.45) is 5.92 Å². The zero-order chi connectivity index (χ0) is 17.8. The van der Waals surface area contributed by atoms with Gasteiger partial charge in [0.2, 0.25) is 5.91 Å². The summed E-state index contributed by atoms with van der Waals surface area (Å²) in [5, 5.41) is 4.18. The smallest absolute Gasteiger partial charge is 0.258 e. The molecule has 6 heteroatoms. The summed E-state index contributed by atoms with van der Waals surface area (Å²) >= 11 is 1.88. The first-order chi connectivity index (χ1) is 12.0. The highest BCUT2D eigenvalue weighted by Gasteiger charge is 2.22. The number of para-hydroxylation sites is 1. The van der Waals surface area contributed by atoms with Crippen molar-refractivity contribution in [3.8, 4) is 0 Å². The number of thioether (sulfide) groups is 1. The van der Waals surface area contributed by atoms with Crippen LogP contribution in [0.25, 0.3) is 10.9 Å². The van der Waals surface area contributed by atoms with Gasteiger partial charge in [-0.15, -0.1) is 0 Å². The van der Waals surface area contributed by atoms with Crippen LogP contribution in [0.3, 0.4) is 0 Å². The fourth-order valence-corrected chi connectivity index (χ4v) is 4.54. The number of fused-ring (bicyclic) bond motifs is 1. The minimum atomic E-state index is -0.0525. The summed E-state index contributed by atoms with van der Waals surface area (Å²) in [4.78, 5) is 30.8. The number of rotatable bonds is 5. The van der Waals surface area contributed by atoms with Gasteiger partial charge in [-0.05, 0) is 50.2 Å². The molecule has 2 aromatic rings. The molecule has 1 aromatic carbocycles. The molecule has 1 saturated carbocycles. The van der Waals surface area contributed by atoms with Crippen LogP contribution in [-0.2, 0) is 10.5 Å². The summed E-state index contributed by atoms with van der Waals surface area (Å²) in [6.45, 7) is 4.36. The number of aryl methyl sites for hydroxylation is 1. The van der Waals surface area contributed by atoms with E-state index in [4.69, 9.17) is 0 Å². The van der Waals surface area contributed by atoms with E-state index in [0.29, 0.717) is 16.6 Å². The first kappa shape index (κ1) is 18.0. The zero-order valence-electron chi connectivity index (χ0n) is 14.8. The minimum absolute atomic E-state index is 0.0525. The second-order valence-corrected chi connectivity index (χ2v) is 8.16. The lowest BCUT2D eigenvalue weighted by molar-refractivity contribution is -0.119. The highest BCUT2D eigenvalue weighted by atomic mass is 32.2.